The van der Waals surface area contributed by atoms with Crippen LogP contribution in [0.2, 0.25) is 0 Å². The number of hydrogen-bond donors (Lipinski definition) is 2. The van der Waals surface area contributed by atoms with Gasteiger partial charge in [-0.15, -0.1) is 0 Å². The Morgan fingerprint density at radius 2 is 1.70 bits per heavy atom. The Morgan fingerprint density at radius 3 is 2.26 bits per heavy atom. The van der Waals surface area contributed by atoms with Gasteiger partial charge < -0.3 is 15.6 Å². The minimum Gasteiger partial charge on any atom is -0.390 e. The molecule has 2 aliphatic carbocycles. The van der Waals surface area contributed by atoms with Crippen LogP contribution in [-0.2, 0) is 4.74 Å². The van der Waals surface area contributed by atoms with Gasteiger partial charge in [-0.3, -0.25) is 9.80 Å². The summed E-state index contributed by atoms with van der Waals surface area (Å²) >= 11 is 0. The Labute approximate surface area is 162 Å². The monoisotopic (exact) mass is 385 g/mol. The summed E-state index contributed by atoms with van der Waals surface area (Å²) in [7, 11) is 7.92. The molecule has 8 heteroatoms. The quantitative estimate of drug-likeness (QED) is 0.731. The molecule has 27 heavy (non-hydrogen) atoms. The van der Waals surface area contributed by atoms with E-state index in [4.69, 9.17) is 10.5 Å². The van der Waals surface area contributed by atoms with Gasteiger partial charge in [-0.05, 0) is 52.6 Å². The molecule has 0 radical (unpaired) electrons. The van der Waals surface area contributed by atoms with Gasteiger partial charge in [-0.25, -0.2) is 9.40 Å². The minimum absolute atomic E-state index is 0.0513. The number of ether oxygens (including phenoxy) is 1. The molecule has 2 heterocycles. The van der Waals surface area contributed by atoms with Crippen LogP contribution in [0, 0.1) is 17.8 Å². The summed E-state index contributed by atoms with van der Waals surface area (Å²) in [6.45, 7) is 3.79. The molecule has 0 aromatic carbocycles. The van der Waals surface area contributed by atoms with E-state index in [9.17, 15) is 9.50 Å². The number of likely N-dealkylation sites (N-methyl/N-ethyl adjacent to an activating group) is 1. The van der Waals surface area contributed by atoms with E-state index in [-0.39, 0.29) is 42.6 Å². The highest BCUT2D eigenvalue weighted by atomic mass is 19.1. The number of rotatable bonds is 3. The van der Waals surface area contributed by atoms with Gasteiger partial charge >= 0.3 is 0 Å². The van der Waals surface area contributed by atoms with Crippen molar-refractivity contribution in [3.05, 3.63) is 0 Å². The second-order valence-electron chi connectivity index (χ2n) is 9.68. The van der Waals surface area contributed by atoms with Crippen LogP contribution < -0.4 is 5.73 Å². The van der Waals surface area contributed by atoms with Crippen molar-refractivity contribution in [1.29, 1.82) is 0 Å². The van der Waals surface area contributed by atoms with Gasteiger partial charge in [-0.1, -0.05) is 0 Å². The lowest BCUT2D eigenvalue weighted by Crippen LogP contribution is -2.73. The number of nitrogens with zero attached hydrogens (tertiary/aromatic N) is 4. The molecule has 0 bridgehead atoms. The van der Waals surface area contributed by atoms with Crippen LogP contribution in [-0.4, -0.2) is 95.7 Å². The molecule has 9 atom stereocenters. The van der Waals surface area contributed by atoms with Gasteiger partial charge in [0.25, 0.3) is 0 Å². The summed E-state index contributed by atoms with van der Waals surface area (Å²) in [5.74, 6) is 0.801. The molecule has 156 valence electrons. The topological polar surface area (TPSA) is 68.4 Å². The summed E-state index contributed by atoms with van der Waals surface area (Å²) in [5.41, 5.74) is 5.99. The molecule has 4 rings (SSSR count). The largest absolute Gasteiger partial charge is 0.390 e. The number of hydrogen-bond acceptors (Lipinski definition) is 7. The fourth-order valence-corrected chi connectivity index (χ4v) is 6.37. The van der Waals surface area contributed by atoms with Crippen LogP contribution in [0.1, 0.15) is 33.1 Å². The van der Waals surface area contributed by atoms with E-state index in [0.717, 1.165) is 6.42 Å². The van der Waals surface area contributed by atoms with Gasteiger partial charge in [0.1, 0.15) is 12.5 Å². The second kappa shape index (κ2) is 6.58. The standard InChI is InChI=1S/C19H36FN5O2/c1-19(2,26)13-9-11(13)16-23(4)17-12-7-10(20)8-14(27-6)15(12)22(3)18(21)25(17)24(16)5/h10-18,26H,7-9,21H2,1-6H3. The number of nitrogens with two attached hydrogens (primary N) is 1. The minimum atomic E-state index is -0.844. The summed E-state index contributed by atoms with van der Waals surface area (Å²) in [6.07, 6.45) is 0.946. The molecule has 4 aliphatic rings. The smallest absolute Gasteiger partial charge is 0.129 e. The molecule has 0 aromatic heterocycles. The average molecular weight is 386 g/mol. The highest BCUT2D eigenvalue weighted by molar-refractivity contribution is 5.09. The first-order valence-corrected chi connectivity index (χ1v) is 10.2. The number of methoxy groups -OCH3 is 1. The maximum absolute atomic E-state index is 14.6. The number of aliphatic hydroxyl groups is 1. The lowest BCUT2D eigenvalue weighted by atomic mass is 9.77. The molecule has 0 aromatic rings. The van der Waals surface area contributed by atoms with Gasteiger partial charge in [0.05, 0.1) is 24.0 Å². The maximum Gasteiger partial charge on any atom is 0.129 e. The fourth-order valence-electron chi connectivity index (χ4n) is 6.37. The van der Waals surface area contributed by atoms with Crippen molar-refractivity contribution in [2.45, 2.75) is 75.6 Å². The molecule has 4 fully saturated rings. The molecule has 0 spiro atoms. The SMILES string of the molecule is COC1CC(F)CC2C1N(C)C(N)N1C2N(C)C(C2CC2C(C)(C)O)N1C. The van der Waals surface area contributed by atoms with Crippen molar-refractivity contribution >= 4 is 0 Å². The third-order valence-corrected chi connectivity index (χ3v) is 7.66. The highest BCUT2D eigenvalue weighted by Gasteiger charge is 2.63. The zero-order chi connectivity index (χ0) is 19.8. The van der Waals surface area contributed by atoms with E-state index in [1.807, 2.05) is 20.9 Å². The number of hydrazine groups is 1. The molecule has 9 unspecified atom stereocenters. The Morgan fingerprint density at radius 1 is 1.04 bits per heavy atom. The first-order valence-electron chi connectivity index (χ1n) is 10.2. The Balaban J connectivity index is 1.64. The van der Waals surface area contributed by atoms with E-state index >= 15 is 0 Å². The number of alkyl halides is 1. The summed E-state index contributed by atoms with van der Waals surface area (Å²) in [4.78, 5) is 4.53. The maximum atomic E-state index is 14.6. The summed E-state index contributed by atoms with van der Waals surface area (Å²) in [6, 6.07) is 0.108. The van der Waals surface area contributed by atoms with Gasteiger partial charge in [-0.2, -0.15) is 5.01 Å². The molecule has 2 saturated carbocycles. The molecule has 3 N–H and O–H groups in total. The van der Waals surface area contributed by atoms with Crippen molar-refractivity contribution in [3.8, 4) is 0 Å². The molecule has 7 nitrogen and oxygen atoms in total. The Kier molecular flexibility index (Phi) is 4.86. The summed E-state index contributed by atoms with van der Waals surface area (Å²) < 4.78 is 20.3. The van der Waals surface area contributed by atoms with E-state index < -0.39 is 11.8 Å². The van der Waals surface area contributed by atoms with Gasteiger partial charge in [0.15, 0.2) is 0 Å². The third kappa shape index (κ3) is 2.96. The molecule has 2 aliphatic heterocycles. The van der Waals surface area contributed by atoms with E-state index in [2.05, 4.69) is 33.9 Å². The van der Waals surface area contributed by atoms with Crippen LogP contribution >= 0.6 is 0 Å². The van der Waals surface area contributed by atoms with Gasteiger partial charge in [0, 0.05) is 32.5 Å². The lowest BCUT2D eigenvalue weighted by molar-refractivity contribution is -0.204. The van der Waals surface area contributed by atoms with E-state index in [0.29, 0.717) is 18.8 Å². The lowest BCUT2D eigenvalue weighted by Gasteiger charge is -2.56. The zero-order valence-corrected chi connectivity index (χ0v) is 17.4. The average Bonchev–Trinajstić information content (AvgIpc) is 3.32. The predicted molar refractivity (Wildman–Crippen MR) is 101 cm³/mol. The first-order chi connectivity index (χ1) is 12.6. The van der Waals surface area contributed by atoms with Gasteiger partial charge in [0.2, 0.25) is 0 Å². The Hall–Kier alpha value is -0.350. The van der Waals surface area contributed by atoms with Crippen LogP contribution in [0.15, 0.2) is 0 Å². The van der Waals surface area contributed by atoms with Crippen LogP contribution in [0.3, 0.4) is 0 Å². The Bertz CT molecular complexity index is 575. The second-order valence-corrected chi connectivity index (χ2v) is 9.68. The van der Waals surface area contributed by atoms with Crippen LogP contribution in [0.5, 0.6) is 0 Å². The number of halogens is 1. The van der Waals surface area contributed by atoms with Crippen molar-refractivity contribution in [3.63, 3.8) is 0 Å². The first kappa shape index (κ1) is 19.9. The molecular formula is C19H36FN5O2. The van der Waals surface area contributed by atoms with Crippen molar-refractivity contribution in [2.24, 2.45) is 23.5 Å². The zero-order valence-electron chi connectivity index (χ0n) is 17.4. The number of fused-ring (bicyclic) bond motifs is 3. The van der Waals surface area contributed by atoms with Crippen molar-refractivity contribution in [2.75, 3.05) is 28.3 Å². The predicted octanol–water partition coefficient (Wildman–Crippen LogP) is 0.459. The normalized spacial score (nSPS) is 49.9. The fraction of sp³-hybridized carbons (Fsp3) is 1.00. The highest BCUT2D eigenvalue weighted by Crippen LogP contribution is 2.54. The van der Waals surface area contributed by atoms with Crippen LogP contribution in [0.4, 0.5) is 4.39 Å². The molecular weight excluding hydrogens is 349 g/mol. The third-order valence-electron chi connectivity index (χ3n) is 7.66. The van der Waals surface area contributed by atoms with Crippen molar-refractivity contribution < 1.29 is 14.2 Å². The van der Waals surface area contributed by atoms with E-state index in [1.165, 1.54) is 0 Å². The van der Waals surface area contributed by atoms with Crippen LogP contribution in [0.25, 0.3) is 0 Å². The summed E-state index contributed by atoms with van der Waals surface area (Å²) in [5, 5.41) is 14.9. The van der Waals surface area contributed by atoms with Crippen molar-refractivity contribution in [1.82, 2.24) is 19.8 Å². The van der Waals surface area contributed by atoms with E-state index in [1.54, 1.807) is 7.11 Å². The molecule has 2 saturated heterocycles. The molecule has 0 amide bonds.